The number of carbonyl (C=O) groups is 1. The number of hydrogen-bond acceptors (Lipinski definition) is 2. The Kier molecular flexibility index (Phi) is 3.75. The lowest BCUT2D eigenvalue weighted by Gasteiger charge is -2.45. The molecule has 2 unspecified atom stereocenters. The number of ether oxygens (including phenoxy) is 1. The van der Waals surface area contributed by atoms with Gasteiger partial charge in [-0.25, -0.2) is 0 Å². The molecule has 0 aliphatic heterocycles. The van der Waals surface area contributed by atoms with Crippen LogP contribution >= 0.6 is 0 Å². The van der Waals surface area contributed by atoms with Crippen LogP contribution in [0, 0.1) is 5.41 Å². The van der Waals surface area contributed by atoms with Gasteiger partial charge in [0.1, 0.15) is 0 Å². The third kappa shape index (κ3) is 2.57. The van der Waals surface area contributed by atoms with Gasteiger partial charge in [0.25, 0.3) is 0 Å². The van der Waals surface area contributed by atoms with E-state index in [2.05, 4.69) is 19.1 Å². The van der Waals surface area contributed by atoms with E-state index >= 15 is 0 Å². The largest absolute Gasteiger partial charge is 0.373 e. The maximum absolute atomic E-state index is 11.6. The Bertz CT molecular complexity index is 517. The van der Waals surface area contributed by atoms with Crippen LogP contribution in [-0.4, -0.2) is 11.9 Å². The van der Waals surface area contributed by atoms with Crippen LogP contribution in [0.3, 0.4) is 0 Å². The van der Waals surface area contributed by atoms with Crippen LogP contribution in [0.5, 0.6) is 0 Å². The van der Waals surface area contributed by atoms with Gasteiger partial charge in [-0.1, -0.05) is 42.8 Å². The quantitative estimate of drug-likeness (QED) is 0.828. The summed E-state index contributed by atoms with van der Waals surface area (Å²) in [5.74, 6) is 0.293. The van der Waals surface area contributed by atoms with Gasteiger partial charge in [0, 0.05) is 11.8 Å². The monoisotopic (exact) mass is 270 g/mol. The summed E-state index contributed by atoms with van der Waals surface area (Å²) in [5.41, 5.74) is 2.61. The Labute approximate surface area is 120 Å². The maximum Gasteiger partial charge on any atom is 0.155 e. The van der Waals surface area contributed by atoms with E-state index in [1.807, 2.05) is 24.3 Å². The van der Waals surface area contributed by atoms with Gasteiger partial charge >= 0.3 is 0 Å². The van der Waals surface area contributed by atoms with E-state index in [0.29, 0.717) is 18.8 Å². The molecule has 0 N–H and O–H groups in total. The Morgan fingerprint density at radius 1 is 1.25 bits per heavy atom. The smallest absolute Gasteiger partial charge is 0.155 e. The minimum atomic E-state index is 0.0704. The molecule has 1 aromatic rings. The standard InChI is InChI=1S/C18H22O2/c1-18-11-10-16(19)12-15(18)8-5-9-17(18)20-13-14-6-3-2-4-7-14/h2-4,6-7,12,17H,5,8-11,13H2,1H3. The van der Waals surface area contributed by atoms with Crippen LogP contribution in [0.1, 0.15) is 44.6 Å². The van der Waals surface area contributed by atoms with E-state index < -0.39 is 0 Å². The minimum Gasteiger partial charge on any atom is -0.373 e. The highest BCUT2D eigenvalue weighted by molar-refractivity contribution is 5.91. The summed E-state index contributed by atoms with van der Waals surface area (Å²) in [6.45, 7) is 2.95. The zero-order valence-electron chi connectivity index (χ0n) is 12.1. The Balaban J connectivity index is 1.73. The molecule has 0 amide bonds. The average molecular weight is 270 g/mol. The van der Waals surface area contributed by atoms with Crippen molar-refractivity contribution in [2.24, 2.45) is 5.41 Å². The third-order valence-corrected chi connectivity index (χ3v) is 4.88. The first-order chi connectivity index (χ1) is 9.68. The SMILES string of the molecule is CC12CCC(=O)C=C1CCCC2OCc1ccccc1. The molecule has 20 heavy (non-hydrogen) atoms. The normalized spacial score (nSPS) is 29.8. The fourth-order valence-electron chi connectivity index (χ4n) is 3.54. The lowest BCUT2D eigenvalue weighted by molar-refractivity contribution is -0.117. The zero-order valence-corrected chi connectivity index (χ0v) is 12.1. The molecule has 1 aromatic carbocycles. The summed E-state index contributed by atoms with van der Waals surface area (Å²) in [6, 6.07) is 10.3. The fourth-order valence-corrected chi connectivity index (χ4v) is 3.54. The van der Waals surface area contributed by atoms with Gasteiger partial charge in [0.05, 0.1) is 12.7 Å². The Morgan fingerprint density at radius 3 is 2.85 bits per heavy atom. The predicted molar refractivity (Wildman–Crippen MR) is 79.3 cm³/mol. The van der Waals surface area contributed by atoms with E-state index in [1.54, 1.807) is 0 Å². The molecule has 0 bridgehead atoms. The van der Waals surface area contributed by atoms with Crippen LogP contribution in [-0.2, 0) is 16.1 Å². The summed E-state index contributed by atoms with van der Waals surface area (Å²) in [7, 11) is 0. The summed E-state index contributed by atoms with van der Waals surface area (Å²) < 4.78 is 6.22. The molecule has 1 saturated carbocycles. The molecule has 0 spiro atoms. The number of ketones is 1. The Hall–Kier alpha value is -1.41. The van der Waals surface area contributed by atoms with E-state index in [0.717, 1.165) is 25.7 Å². The first kappa shape index (κ1) is 13.6. The van der Waals surface area contributed by atoms with Crippen LogP contribution in [0.15, 0.2) is 42.0 Å². The van der Waals surface area contributed by atoms with Crippen molar-refractivity contribution in [2.45, 2.75) is 51.7 Å². The molecule has 3 rings (SSSR count). The number of rotatable bonds is 3. The van der Waals surface area contributed by atoms with Gasteiger partial charge in [-0.2, -0.15) is 0 Å². The molecule has 0 heterocycles. The molecule has 106 valence electrons. The third-order valence-electron chi connectivity index (χ3n) is 4.88. The van der Waals surface area contributed by atoms with Gasteiger partial charge < -0.3 is 4.74 Å². The van der Waals surface area contributed by atoms with Gasteiger partial charge in [-0.05, 0) is 37.3 Å². The molecule has 2 aliphatic rings. The van der Waals surface area contributed by atoms with Gasteiger partial charge in [-0.3, -0.25) is 4.79 Å². The highest BCUT2D eigenvalue weighted by atomic mass is 16.5. The van der Waals surface area contributed by atoms with Gasteiger partial charge in [0.15, 0.2) is 5.78 Å². The molecule has 2 aliphatic carbocycles. The second-order valence-electron chi connectivity index (χ2n) is 6.23. The summed E-state index contributed by atoms with van der Waals surface area (Å²) >= 11 is 0. The van der Waals surface area contributed by atoms with Crippen molar-refractivity contribution in [1.29, 1.82) is 0 Å². The average Bonchev–Trinajstić information content (AvgIpc) is 2.47. The lowest BCUT2D eigenvalue weighted by Crippen LogP contribution is -2.41. The highest BCUT2D eigenvalue weighted by Crippen LogP contribution is 2.48. The van der Waals surface area contributed by atoms with Crippen molar-refractivity contribution in [3.05, 3.63) is 47.5 Å². The number of carbonyl (C=O) groups excluding carboxylic acids is 1. The van der Waals surface area contributed by atoms with Crippen molar-refractivity contribution in [3.8, 4) is 0 Å². The number of benzene rings is 1. The minimum absolute atomic E-state index is 0.0704. The first-order valence-corrected chi connectivity index (χ1v) is 7.58. The maximum atomic E-state index is 11.6. The van der Waals surface area contributed by atoms with Crippen molar-refractivity contribution < 1.29 is 9.53 Å². The second kappa shape index (κ2) is 5.53. The van der Waals surface area contributed by atoms with Crippen LogP contribution in [0.25, 0.3) is 0 Å². The predicted octanol–water partition coefficient (Wildman–Crippen LogP) is 4.05. The topological polar surface area (TPSA) is 26.3 Å². The molecule has 0 aromatic heterocycles. The molecule has 0 saturated heterocycles. The fraction of sp³-hybridized carbons (Fsp3) is 0.500. The second-order valence-corrected chi connectivity index (χ2v) is 6.23. The van der Waals surface area contributed by atoms with Crippen molar-refractivity contribution in [1.82, 2.24) is 0 Å². The molecular weight excluding hydrogens is 248 g/mol. The van der Waals surface area contributed by atoms with E-state index in [1.165, 1.54) is 11.1 Å². The van der Waals surface area contributed by atoms with E-state index in [9.17, 15) is 4.79 Å². The summed E-state index contributed by atoms with van der Waals surface area (Å²) in [4.78, 5) is 11.6. The van der Waals surface area contributed by atoms with Gasteiger partial charge in [0.2, 0.25) is 0 Å². The molecule has 0 radical (unpaired) electrons. The molecule has 1 fully saturated rings. The molecule has 2 heteroatoms. The summed E-state index contributed by atoms with van der Waals surface area (Å²) in [5, 5.41) is 0. The van der Waals surface area contributed by atoms with E-state index in [-0.39, 0.29) is 11.5 Å². The Morgan fingerprint density at radius 2 is 2.05 bits per heavy atom. The van der Waals surface area contributed by atoms with Gasteiger partial charge in [-0.15, -0.1) is 0 Å². The van der Waals surface area contributed by atoms with Crippen LogP contribution < -0.4 is 0 Å². The number of allylic oxidation sites excluding steroid dienone is 1. The first-order valence-electron chi connectivity index (χ1n) is 7.58. The highest BCUT2D eigenvalue weighted by Gasteiger charge is 2.43. The van der Waals surface area contributed by atoms with Crippen molar-refractivity contribution in [3.63, 3.8) is 0 Å². The van der Waals surface area contributed by atoms with Crippen LogP contribution in [0.4, 0.5) is 0 Å². The van der Waals surface area contributed by atoms with E-state index in [4.69, 9.17) is 4.74 Å². The van der Waals surface area contributed by atoms with Crippen molar-refractivity contribution in [2.75, 3.05) is 0 Å². The molecule has 2 nitrogen and oxygen atoms in total. The molecule has 2 atom stereocenters. The lowest BCUT2D eigenvalue weighted by atomic mass is 9.64. The molecular formula is C18H22O2. The van der Waals surface area contributed by atoms with Crippen molar-refractivity contribution >= 4 is 5.78 Å². The number of fused-ring (bicyclic) bond motifs is 1. The van der Waals surface area contributed by atoms with Crippen LogP contribution in [0.2, 0.25) is 0 Å². The zero-order chi connectivity index (χ0) is 14.0. The summed E-state index contributed by atoms with van der Waals surface area (Å²) in [6.07, 6.45) is 7.05. The number of hydrogen-bond donors (Lipinski definition) is 0.